The van der Waals surface area contributed by atoms with Gasteiger partial charge in [-0.2, -0.15) is 0 Å². The third-order valence-electron chi connectivity index (χ3n) is 13.5. The predicted molar refractivity (Wildman–Crippen MR) is 229 cm³/mol. The molecule has 6 aromatic rings. The first-order valence-electron chi connectivity index (χ1n) is 21.4. The van der Waals surface area contributed by atoms with Crippen molar-refractivity contribution in [3.05, 3.63) is 96.3 Å². The van der Waals surface area contributed by atoms with Crippen LogP contribution < -0.4 is 40.2 Å². The topological polar surface area (TPSA) is 95.0 Å². The number of aromatic nitrogens is 4. The van der Waals surface area contributed by atoms with Crippen LogP contribution in [0.2, 0.25) is 0 Å². The summed E-state index contributed by atoms with van der Waals surface area (Å²) in [6.07, 6.45) is 9.06. The Bertz CT molecular complexity index is 2430. The van der Waals surface area contributed by atoms with E-state index in [-0.39, 0.29) is 43.5 Å². The first-order valence-corrected chi connectivity index (χ1v) is 23.9. The number of hydrogen-bond donors (Lipinski definition) is 0. The van der Waals surface area contributed by atoms with Gasteiger partial charge >= 0.3 is 293 Å². The summed E-state index contributed by atoms with van der Waals surface area (Å²) in [7, 11) is 5.66. The van der Waals surface area contributed by atoms with Crippen LogP contribution in [0, 0.1) is 17.8 Å². The van der Waals surface area contributed by atoms with E-state index in [0.29, 0.717) is 23.6 Å². The van der Waals surface area contributed by atoms with E-state index < -0.39 is 0 Å². The average molecular weight is 908 g/mol. The molecule has 4 aliphatic rings. The van der Waals surface area contributed by atoms with E-state index in [0.717, 1.165) is 97.5 Å². The van der Waals surface area contributed by atoms with Crippen molar-refractivity contribution < 1.29 is 40.2 Å². The van der Waals surface area contributed by atoms with Gasteiger partial charge in [0.1, 0.15) is 5.75 Å². The summed E-state index contributed by atoms with van der Waals surface area (Å²) in [5.41, 5.74) is 4.01. The van der Waals surface area contributed by atoms with Crippen molar-refractivity contribution in [2.75, 3.05) is 40.9 Å². The fourth-order valence-corrected chi connectivity index (χ4v) is 14.6. The number of piperidine rings is 2. The van der Waals surface area contributed by atoms with E-state index in [9.17, 15) is 0 Å². The molecular weight excluding hydrogens is 851 g/mol. The number of ether oxygens (including phenoxy) is 4. The van der Waals surface area contributed by atoms with Crippen molar-refractivity contribution in [1.29, 1.82) is 0 Å². The number of likely N-dealkylation sites (tertiary alicyclic amines) is 1. The molecule has 310 valence electrons. The van der Waals surface area contributed by atoms with Gasteiger partial charge in [0.15, 0.2) is 0 Å². The quantitative estimate of drug-likeness (QED) is 0.0751. The van der Waals surface area contributed by atoms with Crippen LogP contribution in [-0.2, 0) is 0 Å². The zero-order valence-electron chi connectivity index (χ0n) is 35.1. The Morgan fingerprint density at radius 1 is 0.746 bits per heavy atom. The summed E-state index contributed by atoms with van der Waals surface area (Å²) in [6, 6.07) is 24.8. The molecule has 11 heteroatoms. The minimum atomic E-state index is -0.346. The number of rotatable bonds is 13. The number of nitrogens with zero attached hydrogens (tertiary/aromatic N) is 6. The molecule has 3 aromatic heterocycles. The Morgan fingerprint density at radius 3 is 1.92 bits per heavy atom. The second-order valence-corrected chi connectivity index (χ2v) is 20.3. The van der Waals surface area contributed by atoms with Gasteiger partial charge in [-0.05, 0) is 24.5 Å². The Hall–Kier alpha value is -4.33. The van der Waals surface area contributed by atoms with Crippen molar-refractivity contribution >= 4 is 32.6 Å². The summed E-state index contributed by atoms with van der Waals surface area (Å²) in [5.74, 6) is 4.59. The molecule has 0 saturated carbocycles. The fourth-order valence-electron chi connectivity index (χ4n) is 9.79. The van der Waals surface area contributed by atoms with Crippen molar-refractivity contribution in [3.63, 3.8) is 0 Å². The third-order valence-corrected chi connectivity index (χ3v) is 18.3. The van der Waals surface area contributed by atoms with Gasteiger partial charge in [-0.3, -0.25) is 4.98 Å². The van der Waals surface area contributed by atoms with Gasteiger partial charge < -0.3 is 4.74 Å². The summed E-state index contributed by atoms with van der Waals surface area (Å²) < 4.78 is 27.1. The molecule has 7 heterocycles. The number of likely N-dealkylation sites (N-methyl/N-ethyl adjacent to an activating group) is 1. The zero-order chi connectivity index (χ0) is 40.6. The van der Waals surface area contributed by atoms with E-state index in [4.69, 9.17) is 39.1 Å². The average Bonchev–Trinajstić information content (AvgIpc) is 3.29. The van der Waals surface area contributed by atoms with Gasteiger partial charge in [0.25, 0.3) is 0 Å². The van der Waals surface area contributed by atoms with Crippen LogP contribution in [0.1, 0.15) is 76.2 Å². The molecule has 3 aromatic carbocycles. The van der Waals surface area contributed by atoms with Crippen LogP contribution in [0.25, 0.3) is 32.6 Å². The molecule has 0 spiro atoms. The van der Waals surface area contributed by atoms with Crippen molar-refractivity contribution in [2.24, 2.45) is 17.8 Å². The maximum atomic E-state index is 7.33. The third kappa shape index (κ3) is 7.78. The van der Waals surface area contributed by atoms with Crippen LogP contribution in [-0.4, -0.2) is 84.9 Å². The van der Waals surface area contributed by atoms with Gasteiger partial charge in [0.2, 0.25) is 0 Å². The van der Waals surface area contributed by atoms with Crippen molar-refractivity contribution in [1.82, 2.24) is 30.0 Å². The number of pyridine rings is 2. The molecule has 10 rings (SSSR count). The zero-order valence-corrected chi connectivity index (χ0v) is 37.2. The monoisotopic (exact) mass is 907 g/mol. The van der Waals surface area contributed by atoms with Crippen LogP contribution in [0.3, 0.4) is 0 Å². The normalized spacial score (nSPS) is 25.0. The molecule has 2 bridgehead atoms. The van der Waals surface area contributed by atoms with Crippen molar-refractivity contribution in [2.45, 2.75) is 79.1 Å². The molecule has 59 heavy (non-hydrogen) atoms. The first-order chi connectivity index (χ1) is 28.9. The van der Waals surface area contributed by atoms with Crippen LogP contribution in [0.5, 0.6) is 23.3 Å². The minimum absolute atomic E-state index is 0.101. The van der Waals surface area contributed by atoms with Crippen LogP contribution in [0.4, 0.5) is 0 Å². The van der Waals surface area contributed by atoms with Gasteiger partial charge in [-0.25, -0.2) is 0 Å². The van der Waals surface area contributed by atoms with E-state index in [1.807, 2.05) is 36.7 Å². The molecule has 0 amide bonds. The van der Waals surface area contributed by atoms with Gasteiger partial charge in [-0.15, -0.1) is 0 Å². The predicted octanol–water partition coefficient (Wildman–Crippen LogP) is 6.27. The Kier molecular flexibility index (Phi) is 11.8. The second kappa shape index (κ2) is 17.3. The molecule has 4 aliphatic heterocycles. The molecule has 5 unspecified atom stereocenters. The van der Waals surface area contributed by atoms with Crippen LogP contribution in [0.15, 0.2) is 85.2 Å². The molecule has 4 saturated heterocycles. The molecule has 0 N–H and O–H groups in total. The SMILES string of the molecule is CCC(C)C1CCN(C)[C@@H]([C@@H](Oc2nnc(O[C@@H](c3ccnc4ccc(OC)cc34)[C@H]3[I-]C4CCN3CC4CC)c3ccccc23)c2ccnc3ccc(OC)cc23)C1. The standard InChI is InChI=1S/C48H56IN6O4/c1-7-29(3)31-19-23-54(4)43(25-31)44(34-17-21-50-41-15-13-32(56-5)26-38(34)41)58-47-36-11-9-10-12-37(36)48(53-52-47)59-45(46-49-40-20-24-55(46)28-30(40)8-2)35-18-22-51-42-16-14-33(57-6)27-39(35)42/h9-18,21-22,26-27,29-31,40,43-46H,7-8,19-20,23-25,28H2,1-6H3/q-1/t29?,30?,31?,40?,43-,44+,45+,46+/m1/s1. The number of halogens is 1. The van der Waals surface area contributed by atoms with E-state index in [2.05, 4.69) is 86.1 Å². The maximum absolute atomic E-state index is 7.33. The van der Waals surface area contributed by atoms with Crippen LogP contribution >= 0.6 is 0 Å². The Balaban J connectivity index is 1.14. The van der Waals surface area contributed by atoms with E-state index >= 15 is 0 Å². The summed E-state index contributed by atoms with van der Waals surface area (Å²) in [5, 5.41) is 13.7. The Labute approximate surface area is 358 Å². The molecule has 9 atom stereocenters. The van der Waals surface area contributed by atoms with Gasteiger partial charge in [0, 0.05) is 0 Å². The summed E-state index contributed by atoms with van der Waals surface area (Å²) in [6.45, 7) is 10.3. The van der Waals surface area contributed by atoms with Crippen molar-refractivity contribution in [3.8, 4) is 23.3 Å². The number of hydrogen-bond acceptors (Lipinski definition) is 10. The summed E-state index contributed by atoms with van der Waals surface area (Å²) >= 11 is -0.219. The molecule has 10 nitrogen and oxygen atoms in total. The molecular formula is C48H56IN6O4-. The number of alkyl halides is 2. The summed E-state index contributed by atoms with van der Waals surface area (Å²) in [4.78, 5) is 14.7. The first kappa shape index (κ1) is 40.1. The number of benzene rings is 3. The number of fused-ring (bicyclic) bond motifs is 6. The van der Waals surface area contributed by atoms with Gasteiger partial charge in [-0.1, -0.05) is 20.3 Å². The molecule has 0 aliphatic carbocycles. The Morgan fingerprint density at radius 2 is 1.36 bits per heavy atom. The van der Waals surface area contributed by atoms with Gasteiger partial charge in [0.05, 0.1) is 7.11 Å². The van der Waals surface area contributed by atoms with E-state index in [1.54, 1.807) is 14.2 Å². The second-order valence-electron chi connectivity index (χ2n) is 16.7. The fraction of sp³-hybridized carbons (Fsp3) is 0.458. The van der Waals surface area contributed by atoms with E-state index in [1.165, 1.54) is 19.3 Å². The molecule has 0 radical (unpaired) electrons. The number of methoxy groups -OCH3 is 2. The molecule has 4 fully saturated rings.